The molecule has 0 aliphatic carbocycles. The van der Waals surface area contributed by atoms with Gasteiger partial charge in [-0.2, -0.15) is 10.2 Å². The maximum Gasteiger partial charge on any atom is 0.350 e. The standard InChI is InChI=1S/C25H33N5O3.C13H13F2N3O/c1-4-24(19(3)31)30-25(32)29(18-26-30)22-8-6-20(7-9-22)27-14-16-28(17-15-27)21-10-12-23(13-11-21)33-5-2;14-10-2-3-11(12(15)6-10)13(4-1-5-19-13)7-18-9-16-8-17-18/h6-13,18-19,24,31H,4-5,14-17H2,1-3H3;2-3,6,8-9H,1,4-5,7H2/t19-,24?;13-/m00/s1. The zero-order valence-electron chi connectivity index (χ0n) is 29.8. The summed E-state index contributed by atoms with van der Waals surface area (Å²) >= 11 is 0. The first-order valence-electron chi connectivity index (χ1n) is 17.8. The molecule has 52 heavy (non-hydrogen) atoms. The van der Waals surface area contributed by atoms with Crippen LogP contribution in [0.2, 0.25) is 0 Å². The SMILES string of the molecule is CCOc1ccc(N2CCN(c3ccc(-n4cnn(C(CC)[C@H](C)O)c4=O)cc3)CC2)cc1.Fc1ccc([C@@]2(Cn3cncn3)CCCO2)c(F)c1. The molecule has 4 heterocycles. The lowest BCUT2D eigenvalue weighted by atomic mass is 9.90. The summed E-state index contributed by atoms with van der Waals surface area (Å²) in [4.78, 5) is 21.4. The van der Waals surface area contributed by atoms with Crippen LogP contribution < -0.4 is 20.2 Å². The van der Waals surface area contributed by atoms with Crippen LogP contribution in [0.5, 0.6) is 5.75 Å². The van der Waals surface area contributed by atoms with E-state index in [1.165, 1.54) is 39.7 Å². The zero-order valence-corrected chi connectivity index (χ0v) is 29.8. The van der Waals surface area contributed by atoms with Crippen molar-refractivity contribution in [2.24, 2.45) is 0 Å². The summed E-state index contributed by atoms with van der Waals surface area (Å²) in [6, 6.07) is 19.6. The molecule has 12 nitrogen and oxygen atoms in total. The second kappa shape index (κ2) is 16.5. The van der Waals surface area contributed by atoms with E-state index in [1.807, 2.05) is 38.1 Å². The number of benzene rings is 3. The Labute approximate surface area is 301 Å². The first-order valence-corrected chi connectivity index (χ1v) is 17.8. The minimum Gasteiger partial charge on any atom is -0.494 e. The molecule has 7 rings (SSSR count). The molecule has 0 spiro atoms. The fourth-order valence-corrected chi connectivity index (χ4v) is 6.96. The maximum absolute atomic E-state index is 14.0. The summed E-state index contributed by atoms with van der Waals surface area (Å²) < 4.78 is 42.9. The zero-order chi connectivity index (χ0) is 36.7. The van der Waals surface area contributed by atoms with E-state index in [4.69, 9.17) is 9.47 Å². The van der Waals surface area contributed by atoms with Gasteiger partial charge in [-0.15, -0.1) is 0 Å². The number of anilines is 2. The first-order chi connectivity index (χ1) is 25.2. The van der Waals surface area contributed by atoms with Gasteiger partial charge < -0.3 is 24.4 Å². The molecule has 1 N–H and O–H groups in total. The molecular formula is C38H46F2N8O4. The van der Waals surface area contributed by atoms with Crippen LogP contribution in [0.25, 0.3) is 5.69 Å². The number of aromatic nitrogens is 6. The van der Waals surface area contributed by atoms with E-state index in [2.05, 4.69) is 49.2 Å². The molecule has 2 saturated heterocycles. The smallest absolute Gasteiger partial charge is 0.350 e. The van der Waals surface area contributed by atoms with E-state index < -0.39 is 23.3 Å². The molecule has 2 aromatic heterocycles. The Morgan fingerprint density at radius 1 is 0.904 bits per heavy atom. The third-order valence-corrected chi connectivity index (χ3v) is 9.68. The summed E-state index contributed by atoms with van der Waals surface area (Å²) in [5, 5.41) is 18.2. The van der Waals surface area contributed by atoms with Gasteiger partial charge in [-0.3, -0.25) is 0 Å². The van der Waals surface area contributed by atoms with Crippen molar-refractivity contribution < 1.29 is 23.4 Å². The molecule has 14 heteroatoms. The van der Waals surface area contributed by atoms with Gasteiger partial charge in [0, 0.05) is 55.8 Å². The Morgan fingerprint density at radius 3 is 2.10 bits per heavy atom. The minimum absolute atomic E-state index is 0.237. The average Bonchev–Trinajstić information content (AvgIpc) is 3.93. The number of aliphatic hydroxyl groups excluding tert-OH is 1. The highest BCUT2D eigenvalue weighted by Gasteiger charge is 2.40. The molecule has 5 aromatic rings. The van der Waals surface area contributed by atoms with E-state index >= 15 is 0 Å². The lowest BCUT2D eigenvalue weighted by Gasteiger charge is -2.37. The fraction of sp³-hybridized carbons (Fsp3) is 0.421. The molecule has 3 aromatic carbocycles. The number of piperazine rings is 1. The van der Waals surface area contributed by atoms with Crippen molar-refractivity contribution in [1.82, 2.24) is 29.1 Å². The Kier molecular flexibility index (Phi) is 11.7. The van der Waals surface area contributed by atoms with E-state index in [1.54, 1.807) is 17.9 Å². The predicted octanol–water partition coefficient (Wildman–Crippen LogP) is 5.35. The number of aliphatic hydroxyl groups is 1. The third-order valence-electron chi connectivity index (χ3n) is 9.68. The second-order valence-corrected chi connectivity index (χ2v) is 13.0. The fourth-order valence-electron chi connectivity index (χ4n) is 6.96. The minimum atomic E-state index is -0.786. The van der Waals surface area contributed by atoms with Gasteiger partial charge in [0.1, 0.15) is 42.0 Å². The van der Waals surface area contributed by atoms with E-state index in [0.29, 0.717) is 38.2 Å². The number of hydrogen-bond donors (Lipinski definition) is 1. The van der Waals surface area contributed by atoms with Gasteiger partial charge in [0.05, 0.1) is 31.0 Å². The Bertz CT molecular complexity index is 1920. The molecule has 2 aliphatic rings. The number of rotatable bonds is 11. The van der Waals surface area contributed by atoms with Gasteiger partial charge in [-0.05, 0) is 87.7 Å². The largest absolute Gasteiger partial charge is 0.494 e. The van der Waals surface area contributed by atoms with Crippen molar-refractivity contribution in [3.63, 3.8) is 0 Å². The summed E-state index contributed by atoms with van der Waals surface area (Å²) in [7, 11) is 0. The van der Waals surface area contributed by atoms with Gasteiger partial charge in [-0.25, -0.2) is 32.5 Å². The van der Waals surface area contributed by atoms with Crippen LogP contribution in [0.15, 0.2) is 90.5 Å². The Morgan fingerprint density at radius 2 is 1.56 bits per heavy atom. The van der Waals surface area contributed by atoms with Crippen LogP contribution in [0.3, 0.4) is 0 Å². The third kappa shape index (κ3) is 8.18. The van der Waals surface area contributed by atoms with E-state index in [-0.39, 0.29) is 11.7 Å². The molecule has 0 radical (unpaired) electrons. The normalized spacial score (nSPS) is 18.5. The average molecular weight is 717 g/mol. The van der Waals surface area contributed by atoms with Crippen LogP contribution in [-0.2, 0) is 16.9 Å². The van der Waals surface area contributed by atoms with Crippen LogP contribution >= 0.6 is 0 Å². The van der Waals surface area contributed by atoms with Crippen molar-refractivity contribution in [3.8, 4) is 11.4 Å². The van der Waals surface area contributed by atoms with E-state index in [0.717, 1.165) is 55.8 Å². The van der Waals surface area contributed by atoms with Gasteiger partial charge in [0.15, 0.2) is 0 Å². The van der Waals surface area contributed by atoms with Gasteiger partial charge in [0.2, 0.25) is 0 Å². The number of hydrogen-bond acceptors (Lipinski definition) is 9. The van der Waals surface area contributed by atoms with Crippen LogP contribution in [-0.4, -0.2) is 79.7 Å². The Hall–Kier alpha value is -5.08. The number of nitrogens with zero attached hydrogens (tertiary/aromatic N) is 8. The Balaban J connectivity index is 0.000000206. The summed E-state index contributed by atoms with van der Waals surface area (Å²) in [6.07, 6.45) is 6.02. The van der Waals surface area contributed by atoms with Crippen LogP contribution in [0, 0.1) is 11.6 Å². The van der Waals surface area contributed by atoms with Crippen LogP contribution in [0.4, 0.5) is 20.2 Å². The maximum atomic E-state index is 14.0. The van der Waals surface area contributed by atoms with Gasteiger partial charge in [0.25, 0.3) is 0 Å². The molecule has 0 amide bonds. The van der Waals surface area contributed by atoms with Gasteiger partial charge in [-0.1, -0.05) is 13.0 Å². The molecule has 0 bridgehead atoms. The topological polar surface area (TPSA) is 116 Å². The quantitative estimate of drug-likeness (QED) is 0.193. The summed E-state index contributed by atoms with van der Waals surface area (Å²) in [5.74, 6) is -0.266. The van der Waals surface area contributed by atoms with Crippen molar-refractivity contribution in [1.29, 1.82) is 0 Å². The number of halogens is 2. The highest BCUT2D eigenvalue weighted by atomic mass is 19.1. The lowest BCUT2D eigenvalue weighted by molar-refractivity contribution is -0.0197. The summed E-state index contributed by atoms with van der Waals surface area (Å²) in [6.45, 7) is 11.0. The molecule has 2 fully saturated rings. The molecule has 3 atom stereocenters. The number of ether oxygens (including phenoxy) is 2. The highest BCUT2D eigenvalue weighted by Crippen LogP contribution is 2.39. The lowest BCUT2D eigenvalue weighted by Crippen LogP contribution is -2.46. The monoisotopic (exact) mass is 716 g/mol. The molecular weight excluding hydrogens is 670 g/mol. The van der Waals surface area contributed by atoms with Crippen molar-refractivity contribution in [3.05, 3.63) is 113 Å². The molecule has 2 aliphatic heterocycles. The predicted molar refractivity (Wildman–Crippen MR) is 194 cm³/mol. The van der Waals surface area contributed by atoms with Crippen molar-refractivity contribution in [2.75, 3.05) is 49.2 Å². The van der Waals surface area contributed by atoms with Gasteiger partial charge >= 0.3 is 5.69 Å². The molecule has 0 saturated carbocycles. The van der Waals surface area contributed by atoms with Crippen molar-refractivity contribution in [2.45, 2.75) is 64.3 Å². The molecule has 1 unspecified atom stereocenters. The second-order valence-electron chi connectivity index (χ2n) is 13.0. The van der Waals surface area contributed by atoms with E-state index in [9.17, 15) is 18.7 Å². The molecule has 276 valence electrons. The summed E-state index contributed by atoms with van der Waals surface area (Å²) in [5.41, 5.74) is 2.48. The van der Waals surface area contributed by atoms with Crippen LogP contribution in [0.1, 0.15) is 51.6 Å². The first kappa shape index (κ1) is 36.7. The van der Waals surface area contributed by atoms with Crippen molar-refractivity contribution >= 4 is 11.4 Å². The highest BCUT2D eigenvalue weighted by molar-refractivity contribution is 5.54.